The van der Waals surface area contributed by atoms with Gasteiger partial charge in [0.05, 0.1) is 7.11 Å². The molecular formula is C16H14Cl2O3. The number of hydrogen-bond acceptors (Lipinski definition) is 3. The first-order valence-corrected chi connectivity index (χ1v) is 6.97. The highest BCUT2D eigenvalue weighted by Crippen LogP contribution is 2.41. The van der Waals surface area contributed by atoms with Crippen molar-refractivity contribution in [2.75, 3.05) is 14.2 Å². The number of methoxy groups -OCH3 is 2. The van der Waals surface area contributed by atoms with E-state index in [1.807, 2.05) is 0 Å². The maximum Gasteiger partial charge on any atom is 0.347 e. The first-order valence-electron chi connectivity index (χ1n) is 6.21. The third-order valence-corrected chi connectivity index (χ3v) is 3.94. The predicted molar refractivity (Wildman–Crippen MR) is 82.7 cm³/mol. The molecule has 2 rings (SSSR count). The van der Waals surface area contributed by atoms with E-state index in [-0.39, 0.29) is 0 Å². The fourth-order valence-electron chi connectivity index (χ4n) is 2.31. The molecule has 0 spiro atoms. The molecule has 0 radical (unpaired) electrons. The molecule has 5 heteroatoms. The molecular weight excluding hydrogens is 311 g/mol. The van der Waals surface area contributed by atoms with Crippen molar-refractivity contribution in [2.45, 2.75) is 5.60 Å². The van der Waals surface area contributed by atoms with Crippen molar-refractivity contribution in [1.29, 1.82) is 0 Å². The Morgan fingerprint density at radius 2 is 1.33 bits per heavy atom. The molecule has 2 aromatic rings. The number of esters is 1. The van der Waals surface area contributed by atoms with Crippen LogP contribution in [0.2, 0.25) is 10.0 Å². The van der Waals surface area contributed by atoms with Gasteiger partial charge in [0, 0.05) is 28.3 Å². The van der Waals surface area contributed by atoms with Gasteiger partial charge in [-0.25, -0.2) is 4.79 Å². The maximum atomic E-state index is 12.5. The van der Waals surface area contributed by atoms with Crippen molar-refractivity contribution < 1.29 is 14.3 Å². The number of hydrogen-bond donors (Lipinski definition) is 0. The van der Waals surface area contributed by atoms with E-state index in [0.29, 0.717) is 21.2 Å². The van der Waals surface area contributed by atoms with Gasteiger partial charge >= 0.3 is 5.97 Å². The van der Waals surface area contributed by atoms with E-state index < -0.39 is 11.6 Å². The van der Waals surface area contributed by atoms with E-state index in [0.717, 1.165) is 0 Å². The second-order valence-corrected chi connectivity index (χ2v) is 5.15. The molecule has 0 aromatic heterocycles. The Hall–Kier alpha value is -1.55. The lowest BCUT2D eigenvalue weighted by atomic mass is 9.86. The molecule has 0 aliphatic rings. The van der Waals surface area contributed by atoms with Gasteiger partial charge in [0.15, 0.2) is 0 Å². The SMILES string of the molecule is COC(=O)C(OC)(c1ccccc1Cl)c1ccccc1Cl. The molecule has 0 unspecified atom stereocenters. The van der Waals surface area contributed by atoms with Crippen molar-refractivity contribution in [2.24, 2.45) is 0 Å². The van der Waals surface area contributed by atoms with Crippen LogP contribution in [0.25, 0.3) is 0 Å². The summed E-state index contributed by atoms with van der Waals surface area (Å²) >= 11 is 12.5. The van der Waals surface area contributed by atoms with E-state index in [9.17, 15) is 4.79 Å². The summed E-state index contributed by atoms with van der Waals surface area (Å²) in [7, 11) is 2.72. The Kier molecular flexibility index (Phi) is 4.88. The van der Waals surface area contributed by atoms with Crippen LogP contribution in [0.3, 0.4) is 0 Å². The largest absolute Gasteiger partial charge is 0.466 e. The third kappa shape index (κ3) is 2.64. The van der Waals surface area contributed by atoms with Crippen LogP contribution >= 0.6 is 23.2 Å². The molecule has 21 heavy (non-hydrogen) atoms. The number of ether oxygens (including phenoxy) is 2. The van der Waals surface area contributed by atoms with Gasteiger partial charge in [0.25, 0.3) is 0 Å². The summed E-state index contributed by atoms with van der Waals surface area (Å²) in [6, 6.07) is 13.9. The highest BCUT2D eigenvalue weighted by atomic mass is 35.5. The van der Waals surface area contributed by atoms with Gasteiger partial charge in [-0.05, 0) is 12.1 Å². The van der Waals surface area contributed by atoms with Crippen LogP contribution in [-0.4, -0.2) is 20.2 Å². The second kappa shape index (κ2) is 6.48. The van der Waals surface area contributed by atoms with Crippen molar-refractivity contribution in [3.8, 4) is 0 Å². The molecule has 3 nitrogen and oxygen atoms in total. The normalized spacial score (nSPS) is 11.2. The average molecular weight is 325 g/mol. The van der Waals surface area contributed by atoms with E-state index >= 15 is 0 Å². The first kappa shape index (κ1) is 15.8. The molecule has 0 amide bonds. The van der Waals surface area contributed by atoms with Gasteiger partial charge in [0.1, 0.15) is 0 Å². The number of rotatable bonds is 4. The zero-order valence-electron chi connectivity index (χ0n) is 11.6. The van der Waals surface area contributed by atoms with E-state index in [1.165, 1.54) is 14.2 Å². The Morgan fingerprint density at radius 3 is 1.67 bits per heavy atom. The summed E-state index contributed by atoms with van der Waals surface area (Å²) in [6.07, 6.45) is 0. The number of halogens is 2. The summed E-state index contributed by atoms with van der Waals surface area (Å²) in [5.41, 5.74) is -0.547. The smallest absolute Gasteiger partial charge is 0.347 e. The molecule has 2 aromatic carbocycles. The minimum absolute atomic E-state index is 0.393. The van der Waals surface area contributed by atoms with Crippen LogP contribution in [0.1, 0.15) is 11.1 Å². The van der Waals surface area contributed by atoms with Gasteiger partial charge < -0.3 is 9.47 Å². The molecule has 0 saturated carbocycles. The number of carbonyl (C=O) groups is 1. The van der Waals surface area contributed by atoms with Gasteiger partial charge in [-0.3, -0.25) is 0 Å². The third-order valence-electron chi connectivity index (χ3n) is 3.29. The summed E-state index contributed by atoms with van der Waals surface area (Å²) in [4.78, 5) is 12.5. The van der Waals surface area contributed by atoms with Gasteiger partial charge in [-0.15, -0.1) is 0 Å². The van der Waals surface area contributed by atoms with E-state index in [2.05, 4.69) is 0 Å². The topological polar surface area (TPSA) is 35.5 Å². The van der Waals surface area contributed by atoms with Crippen LogP contribution in [-0.2, 0) is 19.9 Å². The van der Waals surface area contributed by atoms with Gasteiger partial charge in [0.2, 0.25) is 5.60 Å². The Bertz CT molecular complexity index is 610. The van der Waals surface area contributed by atoms with Crippen molar-refractivity contribution >= 4 is 29.2 Å². The molecule has 0 N–H and O–H groups in total. The summed E-state index contributed by atoms with van der Waals surface area (Å²) in [6.45, 7) is 0. The van der Waals surface area contributed by atoms with Crippen molar-refractivity contribution in [3.63, 3.8) is 0 Å². The lowest BCUT2D eigenvalue weighted by molar-refractivity contribution is -0.162. The quantitative estimate of drug-likeness (QED) is 0.796. The van der Waals surface area contributed by atoms with E-state index in [1.54, 1.807) is 48.5 Å². The average Bonchev–Trinajstić information content (AvgIpc) is 2.51. The maximum absolute atomic E-state index is 12.5. The lowest BCUT2D eigenvalue weighted by Crippen LogP contribution is -2.40. The van der Waals surface area contributed by atoms with Crippen LogP contribution in [0, 0.1) is 0 Å². The molecule has 0 aliphatic carbocycles. The molecule has 0 atom stereocenters. The summed E-state index contributed by atoms with van der Waals surface area (Å²) < 4.78 is 10.5. The zero-order chi connectivity index (χ0) is 15.5. The zero-order valence-corrected chi connectivity index (χ0v) is 13.1. The highest BCUT2D eigenvalue weighted by molar-refractivity contribution is 6.33. The monoisotopic (exact) mass is 324 g/mol. The van der Waals surface area contributed by atoms with Gasteiger partial charge in [-0.1, -0.05) is 59.6 Å². The number of benzene rings is 2. The van der Waals surface area contributed by atoms with Crippen molar-refractivity contribution in [1.82, 2.24) is 0 Å². The van der Waals surface area contributed by atoms with E-state index in [4.69, 9.17) is 32.7 Å². The van der Waals surface area contributed by atoms with Gasteiger partial charge in [-0.2, -0.15) is 0 Å². The summed E-state index contributed by atoms with van der Waals surface area (Å²) in [5, 5.41) is 0.786. The standard InChI is InChI=1S/C16H14Cl2O3/c1-20-15(19)16(21-2,11-7-3-5-9-13(11)17)12-8-4-6-10-14(12)18/h3-10H,1-2H3. The fraction of sp³-hybridized carbons (Fsp3) is 0.188. The molecule has 0 heterocycles. The van der Waals surface area contributed by atoms with Crippen LogP contribution in [0.4, 0.5) is 0 Å². The number of carbonyl (C=O) groups excluding carboxylic acids is 1. The second-order valence-electron chi connectivity index (χ2n) is 4.34. The first-order chi connectivity index (χ1) is 10.1. The Balaban J connectivity index is 2.80. The minimum atomic E-state index is -1.51. The highest BCUT2D eigenvalue weighted by Gasteiger charge is 2.46. The Morgan fingerprint density at radius 1 is 0.905 bits per heavy atom. The molecule has 110 valence electrons. The molecule has 0 saturated heterocycles. The minimum Gasteiger partial charge on any atom is -0.466 e. The van der Waals surface area contributed by atoms with Crippen LogP contribution in [0.5, 0.6) is 0 Å². The van der Waals surface area contributed by atoms with Crippen molar-refractivity contribution in [3.05, 3.63) is 69.7 Å². The van der Waals surface area contributed by atoms with Crippen LogP contribution in [0.15, 0.2) is 48.5 Å². The predicted octanol–water partition coefficient (Wildman–Crippen LogP) is 4.06. The summed E-state index contributed by atoms with van der Waals surface area (Å²) in [5.74, 6) is -0.591. The Labute approximate surface area is 133 Å². The lowest BCUT2D eigenvalue weighted by Gasteiger charge is -2.31. The van der Waals surface area contributed by atoms with Crippen LogP contribution < -0.4 is 0 Å². The molecule has 0 bridgehead atoms. The molecule has 0 fully saturated rings. The molecule has 0 aliphatic heterocycles. The fourth-order valence-corrected chi connectivity index (χ4v) is 2.84.